The third kappa shape index (κ3) is 3.71. The Labute approximate surface area is 146 Å². The van der Waals surface area contributed by atoms with Gasteiger partial charge in [-0.3, -0.25) is 4.79 Å². The van der Waals surface area contributed by atoms with Crippen molar-refractivity contribution < 1.29 is 14.3 Å². The standard InChI is InChI=1S/C18H20N4O3/c1-24-15-5-3-12(9-16(15)25-2)4-6-17(23)22-8-7-13-10-20-18(19)21-14(13)11-22/h3-6,9-10H,7-8,11H2,1-2H3,(H2,19,20,21). The van der Waals surface area contributed by atoms with Crippen LogP contribution in [0.5, 0.6) is 11.5 Å². The van der Waals surface area contributed by atoms with Crippen molar-refractivity contribution in [3.8, 4) is 11.5 Å². The molecule has 0 fully saturated rings. The molecular weight excluding hydrogens is 320 g/mol. The first-order valence-electron chi connectivity index (χ1n) is 7.90. The Morgan fingerprint density at radius 3 is 2.84 bits per heavy atom. The number of amides is 1. The van der Waals surface area contributed by atoms with E-state index in [-0.39, 0.29) is 11.9 Å². The van der Waals surface area contributed by atoms with Crippen LogP contribution in [-0.4, -0.2) is 41.5 Å². The van der Waals surface area contributed by atoms with Gasteiger partial charge in [0.1, 0.15) is 0 Å². The predicted molar refractivity (Wildman–Crippen MR) is 94.1 cm³/mol. The average molecular weight is 340 g/mol. The van der Waals surface area contributed by atoms with Crippen molar-refractivity contribution >= 4 is 17.9 Å². The van der Waals surface area contributed by atoms with Crippen LogP contribution in [0.3, 0.4) is 0 Å². The molecule has 130 valence electrons. The van der Waals surface area contributed by atoms with E-state index in [1.165, 1.54) is 0 Å². The van der Waals surface area contributed by atoms with E-state index in [2.05, 4.69) is 9.97 Å². The van der Waals surface area contributed by atoms with Crippen molar-refractivity contribution in [3.63, 3.8) is 0 Å². The van der Waals surface area contributed by atoms with E-state index in [9.17, 15) is 4.79 Å². The molecule has 2 N–H and O–H groups in total. The van der Waals surface area contributed by atoms with Gasteiger partial charge in [0.15, 0.2) is 11.5 Å². The molecule has 0 atom stereocenters. The number of nitrogen functional groups attached to an aromatic ring is 1. The summed E-state index contributed by atoms with van der Waals surface area (Å²) in [5, 5.41) is 0. The number of anilines is 1. The second-order valence-electron chi connectivity index (χ2n) is 5.66. The summed E-state index contributed by atoms with van der Waals surface area (Å²) in [6, 6.07) is 5.49. The number of methoxy groups -OCH3 is 2. The molecule has 0 unspecified atom stereocenters. The molecule has 7 nitrogen and oxygen atoms in total. The number of ether oxygens (including phenoxy) is 2. The zero-order chi connectivity index (χ0) is 17.8. The quantitative estimate of drug-likeness (QED) is 0.852. The SMILES string of the molecule is COc1ccc(C=CC(=O)N2CCc3cnc(N)nc3C2)cc1OC. The first kappa shape index (κ1) is 16.8. The molecule has 1 aromatic carbocycles. The number of fused-ring (bicyclic) bond motifs is 1. The number of hydrogen-bond acceptors (Lipinski definition) is 6. The third-order valence-electron chi connectivity index (χ3n) is 4.10. The van der Waals surface area contributed by atoms with Crippen molar-refractivity contribution in [3.05, 3.63) is 47.3 Å². The molecule has 0 spiro atoms. The Kier molecular flexibility index (Phi) is 4.83. The molecule has 0 radical (unpaired) electrons. The Morgan fingerprint density at radius 2 is 2.08 bits per heavy atom. The highest BCUT2D eigenvalue weighted by molar-refractivity contribution is 5.92. The van der Waals surface area contributed by atoms with Crippen LogP contribution in [0.25, 0.3) is 6.08 Å². The number of carbonyl (C=O) groups is 1. The minimum Gasteiger partial charge on any atom is -0.493 e. The fourth-order valence-electron chi connectivity index (χ4n) is 2.74. The average Bonchev–Trinajstić information content (AvgIpc) is 2.65. The molecule has 2 aromatic rings. The third-order valence-corrected chi connectivity index (χ3v) is 4.10. The number of rotatable bonds is 4. The van der Waals surface area contributed by atoms with E-state index in [4.69, 9.17) is 15.2 Å². The molecule has 0 saturated carbocycles. The summed E-state index contributed by atoms with van der Waals surface area (Å²) in [5.74, 6) is 1.43. The van der Waals surface area contributed by atoms with Gasteiger partial charge in [0.2, 0.25) is 11.9 Å². The summed E-state index contributed by atoms with van der Waals surface area (Å²) in [6.07, 6.45) is 5.77. The smallest absolute Gasteiger partial charge is 0.246 e. The lowest BCUT2D eigenvalue weighted by Gasteiger charge is -2.26. The highest BCUT2D eigenvalue weighted by Crippen LogP contribution is 2.28. The van der Waals surface area contributed by atoms with Crippen LogP contribution in [0.15, 0.2) is 30.5 Å². The molecule has 0 bridgehead atoms. The monoisotopic (exact) mass is 340 g/mol. The summed E-state index contributed by atoms with van der Waals surface area (Å²) < 4.78 is 10.5. The molecule has 1 aliphatic rings. The second kappa shape index (κ2) is 7.21. The maximum atomic E-state index is 12.5. The maximum Gasteiger partial charge on any atom is 0.246 e. The van der Waals surface area contributed by atoms with Crippen molar-refractivity contribution in [2.24, 2.45) is 0 Å². The van der Waals surface area contributed by atoms with Gasteiger partial charge in [-0.2, -0.15) is 0 Å². The Morgan fingerprint density at radius 1 is 1.28 bits per heavy atom. The summed E-state index contributed by atoms with van der Waals surface area (Å²) in [6.45, 7) is 1.08. The Bertz CT molecular complexity index is 820. The van der Waals surface area contributed by atoms with Gasteiger partial charge in [0, 0.05) is 18.8 Å². The molecule has 1 aliphatic heterocycles. The summed E-state index contributed by atoms with van der Waals surface area (Å²) >= 11 is 0. The first-order valence-corrected chi connectivity index (χ1v) is 7.90. The molecule has 2 heterocycles. The minimum absolute atomic E-state index is 0.0716. The second-order valence-corrected chi connectivity index (χ2v) is 5.66. The lowest BCUT2D eigenvalue weighted by Crippen LogP contribution is -2.35. The van der Waals surface area contributed by atoms with Crippen molar-refractivity contribution in [1.29, 1.82) is 0 Å². The molecule has 3 rings (SSSR count). The minimum atomic E-state index is -0.0716. The van der Waals surface area contributed by atoms with Crippen LogP contribution in [0.2, 0.25) is 0 Å². The largest absolute Gasteiger partial charge is 0.493 e. The maximum absolute atomic E-state index is 12.5. The van der Waals surface area contributed by atoms with Gasteiger partial charge in [0.05, 0.1) is 26.5 Å². The Balaban J connectivity index is 1.71. The van der Waals surface area contributed by atoms with Gasteiger partial charge < -0.3 is 20.1 Å². The topological polar surface area (TPSA) is 90.6 Å². The van der Waals surface area contributed by atoms with Crippen molar-refractivity contribution in [2.45, 2.75) is 13.0 Å². The molecule has 1 aromatic heterocycles. The van der Waals surface area contributed by atoms with Crippen molar-refractivity contribution in [1.82, 2.24) is 14.9 Å². The van der Waals surface area contributed by atoms with Gasteiger partial charge in [0.25, 0.3) is 0 Å². The number of benzene rings is 1. The predicted octanol–water partition coefficient (Wildman–Crippen LogP) is 1.67. The summed E-state index contributed by atoms with van der Waals surface area (Å²) in [7, 11) is 3.16. The molecule has 0 saturated heterocycles. The van der Waals surface area contributed by atoms with Gasteiger partial charge in [-0.25, -0.2) is 9.97 Å². The first-order chi connectivity index (χ1) is 12.1. The van der Waals surface area contributed by atoms with Crippen LogP contribution < -0.4 is 15.2 Å². The van der Waals surface area contributed by atoms with Crippen LogP contribution >= 0.6 is 0 Å². The normalized spacial score (nSPS) is 13.6. The van der Waals surface area contributed by atoms with E-state index in [1.807, 2.05) is 12.1 Å². The number of nitrogens with two attached hydrogens (primary N) is 1. The number of hydrogen-bond donors (Lipinski definition) is 1. The highest BCUT2D eigenvalue weighted by Gasteiger charge is 2.20. The number of aromatic nitrogens is 2. The zero-order valence-electron chi connectivity index (χ0n) is 14.2. The van der Waals surface area contributed by atoms with Crippen LogP contribution in [0.1, 0.15) is 16.8 Å². The van der Waals surface area contributed by atoms with Gasteiger partial charge in [-0.1, -0.05) is 6.07 Å². The fourth-order valence-corrected chi connectivity index (χ4v) is 2.74. The van der Waals surface area contributed by atoms with Crippen molar-refractivity contribution in [2.75, 3.05) is 26.5 Å². The van der Waals surface area contributed by atoms with Gasteiger partial charge in [-0.05, 0) is 35.8 Å². The van der Waals surface area contributed by atoms with E-state index in [1.54, 1.807) is 43.5 Å². The fraction of sp³-hybridized carbons (Fsp3) is 0.278. The van der Waals surface area contributed by atoms with E-state index >= 15 is 0 Å². The number of nitrogens with zero attached hydrogens (tertiary/aromatic N) is 3. The van der Waals surface area contributed by atoms with Crippen LogP contribution in [0.4, 0.5) is 5.95 Å². The molecule has 25 heavy (non-hydrogen) atoms. The molecule has 0 aliphatic carbocycles. The van der Waals surface area contributed by atoms with E-state index in [0.717, 1.165) is 23.2 Å². The summed E-state index contributed by atoms with van der Waals surface area (Å²) in [4.78, 5) is 22.4. The number of carbonyl (C=O) groups excluding carboxylic acids is 1. The van der Waals surface area contributed by atoms with E-state index in [0.29, 0.717) is 24.6 Å². The lowest BCUT2D eigenvalue weighted by atomic mass is 10.1. The Hall–Kier alpha value is -3.09. The van der Waals surface area contributed by atoms with Gasteiger partial charge in [-0.15, -0.1) is 0 Å². The highest BCUT2D eigenvalue weighted by atomic mass is 16.5. The lowest BCUT2D eigenvalue weighted by molar-refractivity contribution is -0.126. The molecular formula is C18H20N4O3. The van der Waals surface area contributed by atoms with E-state index < -0.39 is 0 Å². The summed E-state index contributed by atoms with van der Waals surface area (Å²) in [5.41, 5.74) is 8.34. The van der Waals surface area contributed by atoms with Crippen LogP contribution in [-0.2, 0) is 17.8 Å². The molecule has 1 amide bonds. The van der Waals surface area contributed by atoms with Gasteiger partial charge >= 0.3 is 0 Å². The zero-order valence-corrected chi connectivity index (χ0v) is 14.2. The van der Waals surface area contributed by atoms with Crippen LogP contribution in [0, 0.1) is 0 Å². The molecule has 7 heteroatoms.